The molecule has 0 radical (unpaired) electrons. The molecule has 0 saturated heterocycles. The van der Waals surface area contributed by atoms with Gasteiger partial charge in [0.15, 0.2) is 0 Å². The lowest BCUT2D eigenvalue weighted by atomic mass is 10.1. The molecule has 2 rings (SSSR count). The molecule has 4 heteroatoms. The lowest BCUT2D eigenvalue weighted by molar-refractivity contribution is 1.01. The number of anilines is 1. The Morgan fingerprint density at radius 3 is 2.41 bits per heavy atom. The van der Waals surface area contributed by atoms with Gasteiger partial charge >= 0.3 is 0 Å². The van der Waals surface area contributed by atoms with Crippen molar-refractivity contribution in [2.24, 2.45) is 0 Å². The van der Waals surface area contributed by atoms with Crippen LogP contribution in [0.15, 0.2) is 36.7 Å². The van der Waals surface area contributed by atoms with Gasteiger partial charge in [0.1, 0.15) is 0 Å². The molecule has 0 aliphatic carbocycles. The zero-order valence-corrected chi connectivity index (χ0v) is 10.4. The van der Waals surface area contributed by atoms with E-state index >= 15 is 0 Å². The summed E-state index contributed by atoms with van der Waals surface area (Å²) in [6.45, 7) is 2.88. The third kappa shape index (κ3) is 3.17. The summed E-state index contributed by atoms with van der Waals surface area (Å²) >= 11 is 5.72. The van der Waals surface area contributed by atoms with Crippen molar-refractivity contribution >= 4 is 17.5 Å². The van der Waals surface area contributed by atoms with Crippen molar-refractivity contribution in [1.82, 2.24) is 9.97 Å². The molecular formula is C13H14ClN3. The smallest absolute Gasteiger partial charge is 0.222 e. The maximum Gasteiger partial charge on any atom is 0.222 e. The summed E-state index contributed by atoms with van der Waals surface area (Å²) in [4.78, 5) is 8.19. The van der Waals surface area contributed by atoms with Gasteiger partial charge in [0.25, 0.3) is 0 Å². The first-order chi connectivity index (χ1) is 8.29. The Labute approximate surface area is 106 Å². The van der Waals surface area contributed by atoms with Crippen molar-refractivity contribution < 1.29 is 0 Å². The van der Waals surface area contributed by atoms with Gasteiger partial charge in [0.05, 0.1) is 17.4 Å². The Balaban J connectivity index is 2.04. The zero-order valence-electron chi connectivity index (χ0n) is 9.65. The molecule has 0 fully saturated rings. The van der Waals surface area contributed by atoms with E-state index in [1.165, 1.54) is 11.1 Å². The van der Waals surface area contributed by atoms with E-state index in [1.807, 2.05) is 6.07 Å². The Morgan fingerprint density at radius 1 is 1.12 bits per heavy atom. The number of nitrogens with one attached hydrogen (secondary N) is 1. The number of halogens is 1. The maximum atomic E-state index is 5.72. The van der Waals surface area contributed by atoms with Crippen LogP contribution in [0.25, 0.3) is 0 Å². The first-order valence-electron chi connectivity index (χ1n) is 5.58. The van der Waals surface area contributed by atoms with E-state index in [0.717, 1.165) is 13.0 Å². The van der Waals surface area contributed by atoms with Crippen LogP contribution in [0, 0.1) is 0 Å². The molecule has 0 unspecified atom stereocenters. The molecule has 1 heterocycles. The molecule has 0 spiro atoms. The lowest BCUT2D eigenvalue weighted by Gasteiger charge is -2.08. The molecule has 88 valence electrons. The van der Waals surface area contributed by atoms with Gasteiger partial charge in [-0.3, -0.25) is 0 Å². The second kappa shape index (κ2) is 5.64. The number of aryl methyl sites for hydroxylation is 1. The number of benzene rings is 1. The summed E-state index contributed by atoms with van der Waals surface area (Å²) in [5, 5.41) is 3.73. The normalized spacial score (nSPS) is 10.2. The Hall–Kier alpha value is -1.61. The van der Waals surface area contributed by atoms with E-state index in [-0.39, 0.29) is 0 Å². The molecule has 1 aromatic carbocycles. The first kappa shape index (κ1) is 11.9. The van der Waals surface area contributed by atoms with Crippen molar-refractivity contribution in [2.45, 2.75) is 19.9 Å². The molecule has 0 amide bonds. The van der Waals surface area contributed by atoms with Crippen LogP contribution in [-0.2, 0) is 13.0 Å². The van der Waals surface area contributed by atoms with Crippen LogP contribution in [0.5, 0.6) is 0 Å². The third-order valence-corrected chi connectivity index (χ3v) is 2.75. The fourth-order valence-electron chi connectivity index (χ4n) is 1.65. The largest absolute Gasteiger partial charge is 0.350 e. The quantitative estimate of drug-likeness (QED) is 0.901. The Kier molecular flexibility index (Phi) is 3.94. The second-order valence-electron chi connectivity index (χ2n) is 3.70. The topological polar surface area (TPSA) is 37.8 Å². The highest BCUT2D eigenvalue weighted by Gasteiger charge is 2.00. The molecule has 3 nitrogen and oxygen atoms in total. The van der Waals surface area contributed by atoms with Gasteiger partial charge in [0, 0.05) is 6.54 Å². The average molecular weight is 248 g/mol. The van der Waals surface area contributed by atoms with E-state index < -0.39 is 0 Å². The summed E-state index contributed by atoms with van der Waals surface area (Å²) in [5.74, 6) is 0.598. The van der Waals surface area contributed by atoms with Crippen molar-refractivity contribution in [3.8, 4) is 0 Å². The van der Waals surface area contributed by atoms with E-state index in [2.05, 4.69) is 40.4 Å². The molecular weight excluding hydrogens is 234 g/mol. The van der Waals surface area contributed by atoms with Crippen LogP contribution < -0.4 is 5.32 Å². The van der Waals surface area contributed by atoms with Crippen molar-refractivity contribution in [2.75, 3.05) is 5.32 Å². The third-order valence-electron chi connectivity index (χ3n) is 2.56. The molecule has 2 aromatic rings. The standard InChI is InChI=1S/C13H14ClN3/c1-2-10-5-3-4-6-11(10)7-15-13-16-8-12(14)9-17-13/h3-6,8-9H,2,7H2,1H3,(H,15,16,17). The number of hydrogen-bond donors (Lipinski definition) is 1. The minimum Gasteiger partial charge on any atom is -0.350 e. The molecule has 1 aromatic heterocycles. The molecule has 0 bridgehead atoms. The van der Waals surface area contributed by atoms with Crippen LogP contribution in [-0.4, -0.2) is 9.97 Å². The summed E-state index contributed by atoms with van der Waals surface area (Å²) in [5.41, 5.74) is 2.61. The highest BCUT2D eigenvalue weighted by molar-refractivity contribution is 6.30. The van der Waals surface area contributed by atoms with Crippen LogP contribution in [0.3, 0.4) is 0 Å². The van der Waals surface area contributed by atoms with Crippen LogP contribution in [0.2, 0.25) is 5.02 Å². The fraction of sp³-hybridized carbons (Fsp3) is 0.231. The van der Waals surface area contributed by atoms with E-state index in [4.69, 9.17) is 11.6 Å². The Bertz CT molecular complexity index is 482. The molecule has 1 N–H and O–H groups in total. The predicted octanol–water partition coefficient (Wildman–Crippen LogP) is 3.30. The fourth-order valence-corrected chi connectivity index (χ4v) is 1.75. The highest BCUT2D eigenvalue weighted by atomic mass is 35.5. The average Bonchev–Trinajstić information content (AvgIpc) is 2.38. The second-order valence-corrected chi connectivity index (χ2v) is 4.14. The SMILES string of the molecule is CCc1ccccc1CNc1ncc(Cl)cn1. The van der Waals surface area contributed by atoms with Crippen molar-refractivity contribution in [3.05, 3.63) is 52.8 Å². The first-order valence-corrected chi connectivity index (χ1v) is 5.95. The minimum atomic E-state index is 0.546. The highest BCUT2D eigenvalue weighted by Crippen LogP contribution is 2.11. The zero-order chi connectivity index (χ0) is 12.1. The van der Waals surface area contributed by atoms with E-state index in [1.54, 1.807) is 12.4 Å². The van der Waals surface area contributed by atoms with Gasteiger partial charge in [-0.05, 0) is 17.5 Å². The number of aromatic nitrogens is 2. The lowest BCUT2D eigenvalue weighted by Crippen LogP contribution is -2.05. The summed E-state index contributed by atoms with van der Waals surface area (Å²) in [6, 6.07) is 8.35. The van der Waals surface area contributed by atoms with Gasteiger partial charge in [0.2, 0.25) is 5.95 Å². The number of rotatable bonds is 4. The summed E-state index contributed by atoms with van der Waals surface area (Å²) in [7, 11) is 0. The molecule has 0 atom stereocenters. The maximum absolute atomic E-state index is 5.72. The van der Waals surface area contributed by atoms with Crippen LogP contribution in [0.1, 0.15) is 18.1 Å². The van der Waals surface area contributed by atoms with Crippen LogP contribution in [0.4, 0.5) is 5.95 Å². The van der Waals surface area contributed by atoms with Gasteiger partial charge in [-0.25, -0.2) is 9.97 Å². The van der Waals surface area contributed by atoms with E-state index in [0.29, 0.717) is 11.0 Å². The molecule has 0 saturated carbocycles. The predicted molar refractivity (Wildman–Crippen MR) is 70.2 cm³/mol. The number of hydrogen-bond acceptors (Lipinski definition) is 3. The van der Waals surface area contributed by atoms with Crippen molar-refractivity contribution in [3.63, 3.8) is 0 Å². The Morgan fingerprint density at radius 2 is 1.76 bits per heavy atom. The molecule has 17 heavy (non-hydrogen) atoms. The van der Waals surface area contributed by atoms with Gasteiger partial charge in [-0.1, -0.05) is 42.8 Å². The molecule has 0 aliphatic heterocycles. The van der Waals surface area contributed by atoms with E-state index in [9.17, 15) is 0 Å². The van der Waals surface area contributed by atoms with Gasteiger partial charge < -0.3 is 5.32 Å². The summed E-state index contributed by atoms with van der Waals surface area (Å²) in [6.07, 6.45) is 4.20. The van der Waals surface area contributed by atoms with Gasteiger partial charge in [-0.15, -0.1) is 0 Å². The van der Waals surface area contributed by atoms with Crippen LogP contribution >= 0.6 is 11.6 Å². The monoisotopic (exact) mass is 247 g/mol. The number of nitrogens with zero attached hydrogens (tertiary/aromatic N) is 2. The summed E-state index contributed by atoms with van der Waals surface area (Å²) < 4.78 is 0. The van der Waals surface area contributed by atoms with Crippen molar-refractivity contribution in [1.29, 1.82) is 0 Å². The molecule has 0 aliphatic rings. The van der Waals surface area contributed by atoms with Gasteiger partial charge in [-0.2, -0.15) is 0 Å². The minimum absolute atomic E-state index is 0.546.